The lowest BCUT2D eigenvalue weighted by Crippen LogP contribution is -3.00. The summed E-state index contributed by atoms with van der Waals surface area (Å²) in [5, 5.41) is 5.35. The molecule has 0 aliphatic carbocycles. The van der Waals surface area contributed by atoms with Gasteiger partial charge in [0.2, 0.25) is 5.52 Å². The van der Waals surface area contributed by atoms with Crippen LogP contribution in [0.5, 0.6) is 0 Å². The normalized spacial score (nSPS) is 10.9. The zero-order chi connectivity index (χ0) is 17.1. The van der Waals surface area contributed by atoms with Crippen molar-refractivity contribution in [1.82, 2.24) is 14.8 Å². The van der Waals surface area contributed by atoms with Gasteiger partial charge in [0.25, 0.3) is 5.01 Å². The highest BCUT2D eigenvalue weighted by molar-refractivity contribution is 7.18. The van der Waals surface area contributed by atoms with Crippen molar-refractivity contribution in [2.24, 2.45) is 0 Å². The summed E-state index contributed by atoms with van der Waals surface area (Å²) >= 11 is 1.79. The molecule has 0 atom stereocenters. The highest BCUT2D eigenvalue weighted by Crippen LogP contribution is 2.22. The van der Waals surface area contributed by atoms with Crippen LogP contribution >= 0.6 is 11.3 Å². The van der Waals surface area contributed by atoms with Crippen LogP contribution in [0, 0.1) is 0 Å². The van der Waals surface area contributed by atoms with Gasteiger partial charge < -0.3 is 17.0 Å². The number of thiazole rings is 1. The van der Waals surface area contributed by atoms with E-state index in [0.29, 0.717) is 0 Å². The number of aromatic nitrogens is 4. The van der Waals surface area contributed by atoms with Crippen LogP contribution in [0.25, 0.3) is 28.1 Å². The largest absolute Gasteiger partial charge is 1.00 e. The fourth-order valence-corrected chi connectivity index (χ4v) is 3.82. The molecule has 4 rings (SSSR count). The first-order chi connectivity index (χ1) is 12.3. The maximum Gasteiger partial charge on any atom is 0.263 e. The number of halogens is 1. The van der Waals surface area contributed by atoms with Gasteiger partial charge in [-0.25, -0.2) is 9.67 Å². The average molecular weight is 425 g/mol. The van der Waals surface area contributed by atoms with E-state index in [9.17, 15) is 0 Å². The monoisotopic (exact) mass is 424 g/mol. The van der Waals surface area contributed by atoms with Gasteiger partial charge in [0.1, 0.15) is 17.4 Å². The van der Waals surface area contributed by atoms with Crippen LogP contribution < -0.4 is 21.5 Å². The van der Waals surface area contributed by atoms with Crippen LogP contribution in [0.3, 0.4) is 0 Å². The van der Waals surface area contributed by atoms with E-state index >= 15 is 0 Å². The van der Waals surface area contributed by atoms with Gasteiger partial charge in [-0.3, -0.25) is 0 Å². The maximum atomic E-state index is 4.14. The second-order valence-electron chi connectivity index (χ2n) is 5.57. The van der Waals surface area contributed by atoms with Gasteiger partial charge in [-0.1, -0.05) is 42.2 Å². The van der Waals surface area contributed by atoms with Crippen molar-refractivity contribution >= 4 is 33.7 Å². The molecule has 6 heteroatoms. The number of rotatable bonds is 5. The van der Waals surface area contributed by atoms with Gasteiger partial charge in [0.05, 0.1) is 5.69 Å². The Kier molecular flexibility index (Phi) is 5.75. The summed E-state index contributed by atoms with van der Waals surface area (Å²) in [6.45, 7) is 4.68. The van der Waals surface area contributed by atoms with Gasteiger partial charge >= 0.3 is 0 Å². The molecule has 2 aromatic carbocycles. The molecular formula is C20H17BrN4S. The van der Waals surface area contributed by atoms with E-state index in [0.717, 1.165) is 17.8 Å². The zero-order valence-corrected chi connectivity index (χ0v) is 16.4. The molecule has 0 amide bonds. The number of hydrogen-bond donors (Lipinski definition) is 0. The molecule has 0 bridgehead atoms. The fourth-order valence-electron chi connectivity index (χ4n) is 2.74. The molecule has 0 unspecified atom stereocenters. The summed E-state index contributed by atoms with van der Waals surface area (Å²) in [4.78, 5) is 3.97. The van der Waals surface area contributed by atoms with Crippen molar-refractivity contribution in [2.45, 2.75) is 6.54 Å². The van der Waals surface area contributed by atoms with Gasteiger partial charge in [-0.2, -0.15) is 9.67 Å². The van der Waals surface area contributed by atoms with Crippen molar-refractivity contribution < 1.29 is 21.5 Å². The van der Waals surface area contributed by atoms with Gasteiger partial charge in [0, 0.05) is 12.1 Å². The van der Waals surface area contributed by atoms with E-state index in [-0.39, 0.29) is 17.0 Å². The number of hydrogen-bond acceptors (Lipinski definition) is 3. The lowest BCUT2D eigenvalue weighted by atomic mass is 10.2. The molecule has 2 heterocycles. The summed E-state index contributed by atoms with van der Waals surface area (Å²) in [6, 6.07) is 16.7. The minimum atomic E-state index is 0. The van der Waals surface area contributed by atoms with Crippen LogP contribution in [0.4, 0.5) is 0 Å². The Morgan fingerprint density at radius 1 is 1.08 bits per heavy atom. The molecule has 0 spiro atoms. The van der Waals surface area contributed by atoms with Crippen molar-refractivity contribution in [2.75, 3.05) is 0 Å². The standard InChI is InChI=1S/C20H17N4S.BrH/c1-2-13-23-18-5-3-4-6-19(18)25-20(23)12-9-16-7-10-17(11-8-16)24-15-21-14-22-24;/h2-12,14-15H,1,13H2;1H/q+1;/p-1. The first-order valence-corrected chi connectivity index (χ1v) is 8.82. The molecule has 0 fully saturated rings. The molecule has 4 aromatic rings. The lowest BCUT2D eigenvalue weighted by molar-refractivity contribution is -0.658. The Bertz CT molecular complexity index is 1030. The molecule has 4 nitrogen and oxygen atoms in total. The van der Waals surface area contributed by atoms with E-state index in [2.05, 4.69) is 69.8 Å². The first kappa shape index (κ1) is 18.2. The van der Waals surface area contributed by atoms with E-state index < -0.39 is 0 Å². The van der Waals surface area contributed by atoms with Crippen molar-refractivity contribution in [3.05, 3.63) is 84.4 Å². The lowest BCUT2D eigenvalue weighted by Gasteiger charge is -2.00. The van der Waals surface area contributed by atoms with Gasteiger partial charge in [0.15, 0.2) is 6.54 Å². The molecule has 0 saturated carbocycles. The summed E-state index contributed by atoms with van der Waals surface area (Å²) in [5.41, 5.74) is 3.39. The van der Waals surface area contributed by atoms with Crippen molar-refractivity contribution in [3.8, 4) is 5.69 Å². The molecule has 2 aromatic heterocycles. The third-order valence-electron chi connectivity index (χ3n) is 3.94. The second-order valence-corrected chi connectivity index (χ2v) is 6.63. The van der Waals surface area contributed by atoms with Gasteiger partial charge in [-0.15, -0.1) is 0 Å². The number of allylic oxidation sites excluding steroid dienone is 1. The third-order valence-corrected chi connectivity index (χ3v) is 5.07. The Morgan fingerprint density at radius 2 is 1.88 bits per heavy atom. The fraction of sp³-hybridized carbons (Fsp3) is 0.0500. The quantitative estimate of drug-likeness (QED) is 0.355. The molecular weight excluding hydrogens is 408 g/mol. The Morgan fingerprint density at radius 3 is 2.62 bits per heavy atom. The molecule has 0 aliphatic rings. The smallest absolute Gasteiger partial charge is 0.263 e. The third kappa shape index (κ3) is 3.66. The molecule has 0 aliphatic heterocycles. The van der Waals surface area contributed by atoms with E-state index in [1.54, 1.807) is 22.3 Å². The van der Waals surface area contributed by atoms with E-state index in [1.165, 1.54) is 21.6 Å². The second kappa shape index (κ2) is 8.21. The average Bonchev–Trinajstić information content (AvgIpc) is 3.30. The highest BCUT2D eigenvalue weighted by atomic mass is 79.9. The first-order valence-electron chi connectivity index (χ1n) is 8.00. The maximum absolute atomic E-state index is 4.14. The number of para-hydroxylation sites is 1. The van der Waals surface area contributed by atoms with Gasteiger partial charge in [-0.05, 0) is 35.9 Å². The Hall–Kier alpha value is -2.57. The van der Waals surface area contributed by atoms with Crippen LogP contribution in [0.1, 0.15) is 10.6 Å². The van der Waals surface area contributed by atoms with Crippen molar-refractivity contribution in [3.63, 3.8) is 0 Å². The van der Waals surface area contributed by atoms with Crippen LogP contribution in [0.2, 0.25) is 0 Å². The molecule has 130 valence electrons. The van der Waals surface area contributed by atoms with Crippen LogP contribution in [0.15, 0.2) is 73.8 Å². The number of nitrogens with zero attached hydrogens (tertiary/aromatic N) is 4. The van der Waals surface area contributed by atoms with Crippen LogP contribution in [-0.4, -0.2) is 14.8 Å². The Balaban J connectivity index is 0.00000196. The van der Waals surface area contributed by atoms with E-state index in [1.807, 2.05) is 18.2 Å². The summed E-state index contributed by atoms with van der Waals surface area (Å²) in [5.74, 6) is 0. The number of benzene rings is 2. The predicted octanol–water partition coefficient (Wildman–Crippen LogP) is 1.13. The molecule has 0 N–H and O–H groups in total. The highest BCUT2D eigenvalue weighted by Gasteiger charge is 2.16. The zero-order valence-electron chi connectivity index (χ0n) is 14.0. The number of fused-ring (bicyclic) bond motifs is 1. The SMILES string of the molecule is C=CC[n+]1c(/C=C/c2ccc(-n3cncn3)cc2)sc2ccccc21.[Br-]. The Labute approximate surface area is 166 Å². The van der Waals surface area contributed by atoms with Crippen LogP contribution in [-0.2, 0) is 6.54 Å². The predicted molar refractivity (Wildman–Crippen MR) is 103 cm³/mol. The molecule has 0 saturated heterocycles. The summed E-state index contributed by atoms with van der Waals surface area (Å²) in [6.07, 6.45) is 9.46. The summed E-state index contributed by atoms with van der Waals surface area (Å²) in [7, 11) is 0. The minimum Gasteiger partial charge on any atom is -1.00 e. The minimum absolute atomic E-state index is 0. The molecule has 26 heavy (non-hydrogen) atoms. The van der Waals surface area contributed by atoms with E-state index in [4.69, 9.17) is 0 Å². The van der Waals surface area contributed by atoms with Crippen molar-refractivity contribution in [1.29, 1.82) is 0 Å². The summed E-state index contributed by atoms with van der Waals surface area (Å²) < 4.78 is 5.32. The molecule has 0 radical (unpaired) electrons. The topological polar surface area (TPSA) is 34.6 Å².